The highest BCUT2D eigenvalue weighted by Crippen LogP contribution is 2.77. The first-order valence-electron chi connectivity index (χ1n) is 13.7. The molecule has 8 rings (SSSR count). The molecule has 0 amide bonds. The number of ether oxygens (including phenoxy) is 2. The molecule has 2 spiro atoms. The van der Waals surface area contributed by atoms with E-state index in [0.717, 1.165) is 51.0 Å². The molecule has 7 aliphatic rings. The van der Waals surface area contributed by atoms with E-state index in [2.05, 4.69) is 32.2 Å². The van der Waals surface area contributed by atoms with Crippen molar-refractivity contribution in [3.63, 3.8) is 0 Å². The molecule has 186 valence electrons. The van der Waals surface area contributed by atoms with Gasteiger partial charge in [-0.05, 0) is 81.4 Å². The lowest BCUT2D eigenvalue weighted by atomic mass is 9.33. The maximum atomic E-state index is 12.5. The fourth-order valence-electron chi connectivity index (χ4n) is 9.70. The zero-order valence-corrected chi connectivity index (χ0v) is 21.2. The van der Waals surface area contributed by atoms with E-state index in [9.17, 15) is 10.2 Å². The summed E-state index contributed by atoms with van der Waals surface area (Å²) in [5, 5.41) is 27.3. The second-order valence-electron chi connectivity index (χ2n) is 13.5. The van der Waals surface area contributed by atoms with Gasteiger partial charge >= 0.3 is 0 Å². The first-order valence-corrected chi connectivity index (χ1v) is 13.7. The average Bonchev–Trinajstić information content (AvgIpc) is 3.57. The van der Waals surface area contributed by atoms with Crippen LogP contribution in [0.2, 0.25) is 0 Å². The average molecular weight is 468 g/mol. The number of fused-ring (bicyclic) bond motifs is 2. The minimum absolute atomic E-state index is 0.0173. The SMILES string of the molecule is COC12CC[C@]3(CC1[C@](C)(O)C(C)(C)CCC1CC1)[C@H]1Cc4ccc(O)c5c4[C@@]3(CCN1)C2O5. The maximum absolute atomic E-state index is 12.5. The monoisotopic (exact) mass is 467 g/mol. The molecule has 0 aromatic heterocycles. The third kappa shape index (κ3) is 2.29. The van der Waals surface area contributed by atoms with Crippen molar-refractivity contribution in [3.05, 3.63) is 23.3 Å². The Morgan fingerprint density at radius 3 is 2.71 bits per heavy atom. The lowest BCUT2D eigenvalue weighted by molar-refractivity contribution is -0.305. The highest BCUT2D eigenvalue weighted by molar-refractivity contribution is 5.63. The summed E-state index contributed by atoms with van der Waals surface area (Å²) < 4.78 is 13.5. The number of methoxy groups -OCH3 is 1. The summed E-state index contributed by atoms with van der Waals surface area (Å²) in [7, 11) is 1.84. The minimum Gasteiger partial charge on any atom is -0.504 e. The smallest absolute Gasteiger partial charge is 0.165 e. The van der Waals surface area contributed by atoms with Crippen LogP contribution >= 0.6 is 0 Å². The predicted octanol–water partition coefficient (Wildman–Crippen LogP) is 4.46. The quantitative estimate of drug-likeness (QED) is 0.576. The van der Waals surface area contributed by atoms with Gasteiger partial charge in [-0.15, -0.1) is 0 Å². The van der Waals surface area contributed by atoms with E-state index in [-0.39, 0.29) is 34.0 Å². The number of benzene rings is 1. The number of phenolic OH excluding ortho intramolecular Hbond substituents is 1. The Morgan fingerprint density at radius 1 is 1.18 bits per heavy atom. The molecule has 0 radical (unpaired) electrons. The highest BCUT2D eigenvalue weighted by atomic mass is 16.6. The molecule has 34 heavy (non-hydrogen) atoms. The van der Waals surface area contributed by atoms with Crippen molar-refractivity contribution < 1.29 is 19.7 Å². The van der Waals surface area contributed by atoms with Crippen molar-refractivity contribution in [1.29, 1.82) is 0 Å². The molecule has 5 nitrogen and oxygen atoms in total. The molecule has 5 fully saturated rings. The van der Waals surface area contributed by atoms with Gasteiger partial charge in [0, 0.05) is 35.5 Å². The number of nitrogens with one attached hydrogen (secondary N) is 1. The molecule has 3 N–H and O–H groups in total. The van der Waals surface area contributed by atoms with Gasteiger partial charge in [-0.2, -0.15) is 0 Å². The Balaban J connectivity index is 1.39. The molecule has 2 heterocycles. The first-order chi connectivity index (χ1) is 16.1. The minimum atomic E-state index is -0.887. The fraction of sp³-hybridized carbons (Fsp3) is 0.793. The van der Waals surface area contributed by atoms with E-state index in [1.807, 2.05) is 13.2 Å². The van der Waals surface area contributed by atoms with E-state index in [4.69, 9.17) is 9.47 Å². The fourth-order valence-corrected chi connectivity index (χ4v) is 9.70. The Morgan fingerprint density at radius 2 is 1.97 bits per heavy atom. The Labute approximate surface area is 203 Å². The summed E-state index contributed by atoms with van der Waals surface area (Å²) in [6, 6.07) is 4.30. The van der Waals surface area contributed by atoms with Crippen molar-refractivity contribution >= 4 is 0 Å². The van der Waals surface area contributed by atoms with Crippen LogP contribution in [0, 0.1) is 22.7 Å². The van der Waals surface area contributed by atoms with Crippen LogP contribution in [-0.2, 0) is 16.6 Å². The van der Waals surface area contributed by atoms with E-state index >= 15 is 0 Å². The summed E-state index contributed by atoms with van der Waals surface area (Å²) in [5.41, 5.74) is 0.786. The second-order valence-corrected chi connectivity index (χ2v) is 13.5. The molecule has 2 aliphatic heterocycles. The highest BCUT2D eigenvalue weighted by Gasteiger charge is 2.81. The third-order valence-corrected chi connectivity index (χ3v) is 12.1. The number of rotatable bonds is 6. The largest absolute Gasteiger partial charge is 0.504 e. The van der Waals surface area contributed by atoms with Crippen molar-refractivity contribution in [2.75, 3.05) is 13.7 Å². The van der Waals surface area contributed by atoms with Gasteiger partial charge in [0.15, 0.2) is 11.5 Å². The molecule has 1 aromatic carbocycles. The number of aliphatic hydroxyl groups is 1. The molecule has 4 bridgehead atoms. The van der Waals surface area contributed by atoms with Gasteiger partial charge in [0.05, 0.1) is 5.60 Å². The molecule has 3 unspecified atom stereocenters. The standard InChI is InChI=1S/C29H41NO4/c1-25(2,10-9-17-5-6-17)26(3,32)20-16-27-11-12-29(20,33-4)24-28(27)13-14-30-21(27)15-18-7-8-19(31)23(34-24)22(18)28/h7-8,17,20-21,24,30-32H,5-6,9-16H2,1-4H3/t20?,21-,24?,26+,27+,28+,29?/m1/s1. The molecular weight excluding hydrogens is 426 g/mol. The van der Waals surface area contributed by atoms with Crippen LogP contribution in [0.4, 0.5) is 0 Å². The number of hydrogen-bond donors (Lipinski definition) is 3. The van der Waals surface area contributed by atoms with E-state index < -0.39 is 11.2 Å². The summed E-state index contributed by atoms with van der Waals surface area (Å²) >= 11 is 0. The number of phenols is 1. The number of aromatic hydroxyl groups is 1. The summed E-state index contributed by atoms with van der Waals surface area (Å²) in [6.45, 7) is 7.59. The van der Waals surface area contributed by atoms with Crippen molar-refractivity contribution in [3.8, 4) is 11.5 Å². The van der Waals surface area contributed by atoms with E-state index in [0.29, 0.717) is 11.8 Å². The molecular formula is C29H41NO4. The van der Waals surface area contributed by atoms with Gasteiger partial charge in [-0.25, -0.2) is 0 Å². The van der Waals surface area contributed by atoms with Crippen molar-refractivity contribution in [1.82, 2.24) is 5.32 Å². The van der Waals surface area contributed by atoms with Crippen LogP contribution in [0.3, 0.4) is 0 Å². The van der Waals surface area contributed by atoms with Crippen LogP contribution in [0.5, 0.6) is 11.5 Å². The third-order valence-electron chi connectivity index (χ3n) is 12.1. The van der Waals surface area contributed by atoms with Crippen molar-refractivity contribution in [2.45, 2.75) is 107 Å². The van der Waals surface area contributed by atoms with Gasteiger partial charge in [0.25, 0.3) is 0 Å². The molecule has 1 saturated heterocycles. The Hall–Kier alpha value is -1.30. The van der Waals surface area contributed by atoms with Crippen LogP contribution in [-0.4, -0.2) is 47.2 Å². The first kappa shape index (κ1) is 21.9. The summed E-state index contributed by atoms with van der Waals surface area (Å²) in [6.07, 6.45) is 9.69. The lowest BCUT2D eigenvalue weighted by Crippen LogP contribution is -2.83. The van der Waals surface area contributed by atoms with Gasteiger partial charge in [0.2, 0.25) is 0 Å². The van der Waals surface area contributed by atoms with Gasteiger partial charge < -0.3 is 25.0 Å². The van der Waals surface area contributed by atoms with Crippen LogP contribution in [0.1, 0.15) is 83.3 Å². The summed E-state index contributed by atoms with van der Waals surface area (Å²) in [4.78, 5) is 0. The van der Waals surface area contributed by atoms with Gasteiger partial charge in [0.1, 0.15) is 11.7 Å². The van der Waals surface area contributed by atoms with E-state index in [1.165, 1.54) is 30.4 Å². The van der Waals surface area contributed by atoms with Crippen LogP contribution in [0.25, 0.3) is 0 Å². The van der Waals surface area contributed by atoms with Gasteiger partial charge in [-0.1, -0.05) is 32.8 Å². The molecule has 5 heteroatoms. The zero-order chi connectivity index (χ0) is 23.7. The number of piperidine rings is 1. The molecule has 7 atom stereocenters. The predicted molar refractivity (Wildman–Crippen MR) is 130 cm³/mol. The normalized spacial score (nSPS) is 43.3. The molecule has 1 aromatic rings. The maximum Gasteiger partial charge on any atom is 0.165 e. The topological polar surface area (TPSA) is 71.0 Å². The molecule has 4 saturated carbocycles. The number of hydrogen-bond acceptors (Lipinski definition) is 5. The lowest BCUT2D eigenvalue weighted by Gasteiger charge is -2.74. The van der Waals surface area contributed by atoms with E-state index in [1.54, 1.807) is 0 Å². The van der Waals surface area contributed by atoms with Gasteiger partial charge in [-0.3, -0.25) is 0 Å². The van der Waals surface area contributed by atoms with Crippen LogP contribution < -0.4 is 10.1 Å². The zero-order valence-electron chi connectivity index (χ0n) is 21.2. The van der Waals surface area contributed by atoms with Crippen LogP contribution in [0.15, 0.2) is 12.1 Å². The summed E-state index contributed by atoms with van der Waals surface area (Å²) in [5.74, 6) is 1.79. The van der Waals surface area contributed by atoms with Crippen molar-refractivity contribution in [2.24, 2.45) is 22.7 Å². The Bertz CT molecular complexity index is 1050. The Kier molecular flexibility index (Phi) is 4.21. The molecule has 5 aliphatic carbocycles. The second kappa shape index (κ2) is 6.52.